The van der Waals surface area contributed by atoms with Crippen molar-refractivity contribution in [2.75, 3.05) is 31.1 Å². The number of hydrogen-bond donors (Lipinski definition) is 1. The Bertz CT molecular complexity index is 468. The molecule has 1 aromatic carbocycles. The van der Waals surface area contributed by atoms with Crippen molar-refractivity contribution in [2.24, 2.45) is 0 Å². The summed E-state index contributed by atoms with van der Waals surface area (Å²) in [5.41, 5.74) is 0.304. The maximum absolute atomic E-state index is 14.3. The lowest BCUT2D eigenvalue weighted by Gasteiger charge is -2.39. The van der Waals surface area contributed by atoms with Crippen molar-refractivity contribution < 1.29 is 13.5 Å². The maximum Gasteiger partial charge on any atom is 0.149 e. The Hall–Kier alpha value is -1.20. The smallest absolute Gasteiger partial charge is 0.149 e. The van der Waals surface area contributed by atoms with E-state index in [0.717, 1.165) is 13.0 Å². The fourth-order valence-corrected chi connectivity index (χ4v) is 2.64. The maximum atomic E-state index is 14.3. The van der Waals surface area contributed by atoms with Gasteiger partial charge in [0.05, 0.1) is 12.2 Å². The molecule has 5 heteroatoms. The van der Waals surface area contributed by atoms with Crippen LogP contribution < -0.4 is 10.2 Å². The number of halogens is 2. The zero-order valence-electron chi connectivity index (χ0n) is 13.0. The lowest BCUT2D eigenvalue weighted by molar-refractivity contribution is -0.0280. The fourth-order valence-electron chi connectivity index (χ4n) is 2.64. The minimum atomic E-state index is -0.499. The normalized spacial score (nSPS) is 18.0. The number of nitrogens with zero attached hydrogens (tertiary/aromatic N) is 1. The van der Waals surface area contributed by atoms with Gasteiger partial charge in [-0.25, -0.2) is 8.78 Å². The van der Waals surface area contributed by atoms with E-state index in [9.17, 15) is 8.78 Å². The topological polar surface area (TPSA) is 24.5 Å². The summed E-state index contributed by atoms with van der Waals surface area (Å²) in [6, 6.07) is 2.84. The van der Waals surface area contributed by atoms with Gasteiger partial charge in [0.15, 0.2) is 0 Å². The van der Waals surface area contributed by atoms with Crippen LogP contribution in [0.3, 0.4) is 0 Å². The molecule has 0 unspecified atom stereocenters. The molecule has 1 aliphatic rings. The highest BCUT2D eigenvalue weighted by Crippen LogP contribution is 2.29. The number of ether oxygens (including phenoxy) is 1. The van der Waals surface area contributed by atoms with Crippen LogP contribution in [0.4, 0.5) is 14.5 Å². The third-order valence-corrected chi connectivity index (χ3v) is 3.57. The van der Waals surface area contributed by atoms with Crippen LogP contribution in [0.5, 0.6) is 0 Å². The van der Waals surface area contributed by atoms with E-state index in [1.165, 1.54) is 12.1 Å². The molecule has 0 saturated carbocycles. The number of nitrogens with one attached hydrogen (secondary N) is 1. The second-order valence-electron chi connectivity index (χ2n) is 6.11. The summed E-state index contributed by atoms with van der Waals surface area (Å²) in [6.45, 7) is 8.69. The number of benzene rings is 1. The summed E-state index contributed by atoms with van der Waals surface area (Å²) in [5, 5.41) is 3.15. The van der Waals surface area contributed by atoms with Crippen molar-refractivity contribution in [2.45, 2.75) is 39.3 Å². The van der Waals surface area contributed by atoms with Gasteiger partial charge in [-0.15, -0.1) is 0 Å². The van der Waals surface area contributed by atoms with Crippen molar-refractivity contribution >= 4 is 5.69 Å². The molecule has 1 aliphatic heterocycles. The molecule has 1 fully saturated rings. The number of morpholine rings is 1. The van der Waals surface area contributed by atoms with Crippen LogP contribution >= 0.6 is 0 Å². The lowest BCUT2D eigenvalue weighted by Crippen LogP contribution is -2.49. The Morgan fingerprint density at radius 1 is 1.29 bits per heavy atom. The largest absolute Gasteiger partial charge is 0.372 e. The van der Waals surface area contributed by atoms with E-state index >= 15 is 0 Å². The molecule has 0 atom stereocenters. The predicted molar refractivity (Wildman–Crippen MR) is 80.6 cm³/mol. The van der Waals surface area contributed by atoms with Crippen LogP contribution in [-0.2, 0) is 11.3 Å². The van der Waals surface area contributed by atoms with Gasteiger partial charge in [0.2, 0.25) is 0 Å². The van der Waals surface area contributed by atoms with Gasteiger partial charge in [0.25, 0.3) is 0 Å². The van der Waals surface area contributed by atoms with Gasteiger partial charge in [-0.3, -0.25) is 0 Å². The molecule has 0 spiro atoms. The Morgan fingerprint density at radius 3 is 2.52 bits per heavy atom. The zero-order chi connectivity index (χ0) is 15.5. The minimum absolute atomic E-state index is 0.0608. The molecule has 0 radical (unpaired) electrons. The highest BCUT2D eigenvalue weighted by Gasteiger charge is 2.30. The molecule has 3 nitrogen and oxygen atoms in total. The second-order valence-corrected chi connectivity index (χ2v) is 6.11. The third kappa shape index (κ3) is 4.14. The van der Waals surface area contributed by atoms with E-state index in [1.54, 1.807) is 4.90 Å². The average molecular weight is 298 g/mol. The molecule has 1 N–H and O–H groups in total. The van der Waals surface area contributed by atoms with Gasteiger partial charge < -0.3 is 15.0 Å². The van der Waals surface area contributed by atoms with Crippen molar-refractivity contribution in [1.29, 1.82) is 0 Å². The van der Waals surface area contributed by atoms with E-state index in [1.807, 2.05) is 13.8 Å². The predicted octanol–water partition coefficient (Wildman–Crippen LogP) is 3.08. The van der Waals surface area contributed by atoms with Crippen LogP contribution in [0.2, 0.25) is 0 Å². The minimum Gasteiger partial charge on any atom is -0.372 e. The van der Waals surface area contributed by atoms with Crippen molar-refractivity contribution in [3.63, 3.8) is 0 Å². The first kappa shape index (κ1) is 16.2. The molecule has 1 saturated heterocycles. The Kier molecular flexibility index (Phi) is 5.17. The van der Waals surface area contributed by atoms with E-state index < -0.39 is 17.2 Å². The Labute approximate surface area is 125 Å². The summed E-state index contributed by atoms with van der Waals surface area (Å²) < 4.78 is 34.2. The molecule has 0 aliphatic carbocycles. The Balaban J connectivity index is 2.16. The summed E-state index contributed by atoms with van der Waals surface area (Å²) in [6.07, 6.45) is 0.992. The van der Waals surface area contributed by atoms with Gasteiger partial charge in [-0.2, -0.15) is 0 Å². The standard InChI is InChI=1S/C16H24F2N2O/c1-4-5-19-10-12-8-13(17)15(14(18)9-12)20-6-7-21-16(2,3)11-20/h8-9,19H,4-7,10-11H2,1-3H3. The first-order valence-corrected chi connectivity index (χ1v) is 7.50. The molecular formula is C16H24F2N2O. The van der Waals surface area contributed by atoms with Crippen LogP contribution in [0.25, 0.3) is 0 Å². The Morgan fingerprint density at radius 2 is 1.95 bits per heavy atom. The summed E-state index contributed by atoms with van der Waals surface area (Å²) in [5.74, 6) is -0.998. The van der Waals surface area contributed by atoms with Crippen LogP contribution in [0.15, 0.2) is 12.1 Å². The van der Waals surface area contributed by atoms with Crippen molar-refractivity contribution in [1.82, 2.24) is 5.32 Å². The van der Waals surface area contributed by atoms with Gasteiger partial charge >= 0.3 is 0 Å². The molecular weight excluding hydrogens is 274 g/mol. The van der Waals surface area contributed by atoms with Gasteiger partial charge in [-0.1, -0.05) is 6.92 Å². The van der Waals surface area contributed by atoms with E-state index in [2.05, 4.69) is 12.2 Å². The number of anilines is 1. The molecule has 2 rings (SSSR count). The van der Waals surface area contributed by atoms with Crippen LogP contribution in [0.1, 0.15) is 32.8 Å². The van der Waals surface area contributed by atoms with Gasteiger partial charge in [-0.05, 0) is 44.5 Å². The van der Waals surface area contributed by atoms with Gasteiger partial charge in [0, 0.05) is 19.6 Å². The fraction of sp³-hybridized carbons (Fsp3) is 0.625. The van der Waals surface area contributed by atoms with Crippen molar-refractivity contribution in [3.8, 4) is 0 Å². The molecule has 1 aromatic rings. The van der Waals surface area contributed by atoms with Crippen LogP contribution in [0, 0.1) is 11.6 Å². The molecule has 21 heavy (non-hydrogen) atoms. The van der Waals surface area contributed by atoms with E-state index in [-0.39, 0.29) is 5.69 Å². The quantitative estimate of drug-likeness (QED) is 0.846. The summed E-state index contributed by atoms with van der Waals surface area (Å²) >= 11 is 0. The third-order valence-electron chi connectivity index (χ3n) is 3.57. The van der Waals surface area contributed by atoms with Crippen molar-refractivity contribution in [3.05, 3.63) is 29.3 Å². The molecule has 0 amide bonds. The second kappa shape index (κ2) is 6.71. The monoisotopic (exact) mass is 298 g/mol. The summed E-state index contributed by atoms with van der Waals surface area (Å²) in [4.78, 5) is 1.73. The average Bonchev–Trinajstić information content (AvgIpc) is 2.37. The highest BCUT2D eigenvalue weighted by molar-refractivity contribution is 5.51. The number of hydrogen-bond acceptors (Lipinski definition) is 3. The first-order chi connectivity index (χ1) is 9.93. The first-order valence-electron chi connectivity index (χ1n) is 7.50. The zero-order valence-corrected chi connectivity index (χ0v) is 13.0. The summed E-state index contributed by atoms with van der Waals surface area (Å²) in [7, 11) is 0. The highest BCUT2D eigenvalue weighted by atomic mass is 19.1. The molecule has 0 aromatic heterocycles. The van der Waals surface area contributed by atoms with Crippen LogP contribution in [-0.4, -0.2) is 31.8 Å². The number of rotatable bonds is 5. The van der Waals surface area contributed by atoms with Gasteiger partial charge in [0.1, 0.15) is 17.3 Å². The lowest BCUT2D eigenvalue weighted by atomic mass is 10.1. The molecule has 1 heterocycles. The van der Waals surface area contributed by atoms with E-state index in [4.69, 9.17) is 4.74 Å². The SMILES string of the molecule is CCCNCc1cc(F)c(N2CCOC(C)(C)C2)c(F)c1. The molecule has 0 bridgehead atoms. The van der Waals surface area contributed by atoms with E-state index in [0.29, 0.717) is 31.8 Å². The molecule has 118 valence electrons.